The van der Waals surface area contributed by atoms with Gasteiger partial charge in [0, 0.05) is 0 Å². The summed E-state index contributed by atoms with van der Waals surface area (Å²) in [4.78, 5) is 21.7. The van der Waals surface area contributed by atoms with Gasteiger partial charge in [-0.25, -0.2) is 8.78 Å². The van der Waals surface area contributed by atoms with Gasteiger partial charge in [0.25, 0.3) is 11.6 Å². The number of halogens is 2. The lowest BCUT2D eigenvalue weighted by Crippen LogP contribution is -2.51. The number of carbonyl (C=O) groups is 1. The molecule has 0 saturated carbocycles. The Balaban J connectivity index is 3.22. The summed E-state index contributed by atoms with van der Waals surface area (Å²) in [5.74, 6) is -3.75. The molecular weight excluding hydrogens is 274 g/mol. The Labute approximate surface area is 113 Å². The molecule has 0 heterocycles. The SMILES string of the molecule is CC(O)C(C)(C)NC(=O)c1cc(F)c(F)cc1[N+](=O)[O-]. The van der Waals surface area contributed by atoms with Crippen molar-refractivity contribution in [2.75, 3.05) is 0 Å². The maximum absolute atomic E-state index is 13.1. The Kier molecular flexibility index (Phi) is 4.39. The van der Waals surface area contributed by atoms with Gasteiger partial charge in [-0.2, -0.15) is 0 Å². The molecule has 0 aliphatic carbocycles. The van der Waals surface area contributed by atoms with Gasteiger partial charge in [-0.3, -0.25) is 14.9 Å². The lowest BCUT2D eigenvalue weighted by Gasteiger charge is -2.29. The minimum absolute atomic E-state index is 0.347. The Morgan fingerprint density at radius 3 is 2.35 bits per heavy atom. The van der Waals surface area contributed by atoms with E-state index in [-0.39, 0.29) is 0 Å². The van der Waals surface area contributed by atoms with Crippen LogP contribution in [0.25, 0.3) is 0 Å². The molecule has 0 saturated heterocycles. The number of aliphatic hydroxyl groups is 1. The quantitative estimate of drug-likeness (QED) is 0.652. The number of hydrogen-bond acceptors (Lipinski definition) is 4. The van der Waals surface area contributed by atoms with Crippen LogP contribution in [0.15, 0.2) is 12.1 Å². The molecule has 1 rings (SSSR count). The van der Waals surface area contributed by atoms with Crippen molar-refractivity contribution in [3.8, 4) is 0 Å². The Morgan fingerprint density at radius 1 is 1.40 bits per heavy atom. The van der Waals surface area contributed by atoms with Crippen molar-refractivity contribution < 1.29 is 23.6 Å². The molecule has 1 atom stereocenters. The van der Waals surface area contributed by atoms with Gasteiger partial charge >= 0.3 is 0 Å². The number of rotatable bonds is 4. The maximum atomic E-state index is 13.1. The third kappa shape index (κ3) is 3.27. The van der Waals surface area contributed by atoms with Gasteiger partial charge in [-0.05, 0) is 26.8 Å². The normalized spacial score (nSPS) is 12.9. The van der Waals surface area contributed by atoms with Crippen molar-refractivity contribution >= 4 is 11.6 Å². The van der Waals surface area contributed by atoms with E-state index in [1.165, 1.54) is 20.8 Å². The van der Waals surface area contributed by atoms with Gasteiger partial charge in [0.15, 0.2) is 11.6 Å². The third-order valence-electron chi connectivity index (χ3n) is 2.96. The van der Waals surface area contributed by atoms with Gasteiger partial charge in [0.1, 0.15) is 5.56 Å². The molecule has 6 nitrogen and oxygen atoms in total. The summed E-state index contributed by atoms with van der Waals surface area (Å²) in [5.41, 5.74) is -2.54. The fourth-order valence-electron chi connectivity index (χ4n) is 1.33. The smallest absolute Gasteiger partial charge is 0.285 e. The zero-order valence-corrected chi connectivity index (χ0v) is 11.1. The molecule has 0 fully saturated rings. The van der Waals surface area contributed by atoms with Crippen LogP contribution in [0.3, 0.4) is 0 Å². The molecule has 0 aromatic heterocycles. The van der Waals surface area contributed by atoms with Gasteiger partial charge in [-0.15, -0.1) is 0 Å². The summed E-state index contributed by atoms with van der Waals surface area (Å²) < 4.78 is 26.1. The van der Waals surface area contributed by atoms with Crippen LogP contribution in [0.1, 0.15) is 31.1 Å². The molecule has 1 unspecified atom stereocenters. The second-order valence-electron chi connectivity index (χ2n) is 4.89. The summed E-state index contributed by atoms with van der Waals surface area (Å²) in [6.07, 6.45) is -0.948. The number of nitrogens with zero attached hydrogens (tertiary/aromatic N) is 1. The highest BCUT2D eigenvalue weighted by atomic mass is 19.2. The van der Waals surface area contributed by atoms with Crippen LogP contribution in [0.4, 0.5) is 14.5 Å². The minimum atomic E-state index is -1.41. The topological polar surface area (TPSA) is 92.5 Å². The lowest BCUT2D eigenvalue weighted by molar-refractivity contribution is -0.385. The highest BCUT2D eigenvalue weighted by molar-refractivity contribution is 5.98. The number of benzene rings is 1. The van der Waals surface area contributed by atoms with Gasteiger partial charge in [0.2, 0.25) is 0 Å². The van der Waals surface area contributed by atoms with Crippen molar-refractivity contribution in [3.05, 3.63) is 39.4 Å². The van der Waals surface area contributed by atoms with E-state index in [0.29, 0.717) is 12.1 Å². The number of aliphatic hydroxyl groups excluding tert-OH is 1. The zero-order chi connectivity index (χ0) is 15.7. The first kappa shape index (κ1) is 16.0. The van der Waals surface area contributed by atoms with E-state index in [9.17, 15) is 28.8 Å². The van der Waals surface area contributed by atoms with Crippen LogP contribution in [0, 0.1) is 21.7 Å². The van der Waals surface area contributed by atoms with E-state index in [1.807, 2.05) is 0 Å². The number of nitro benzene ring substituents is 1. The number of nitrogens with one attached hydrogen (secondary N) is 1. The summed E-state index contributed by atoms with van der Waals surface area (Å²) in [6, 6.07) is 0.806. The predicted molar refractivity (Wildman–Crippen MR) is 66.2 cm³/mol. The minimum Gasteiger partial charge on any atom is -0.391 e. The molecule has 0 radical (unpaired) electrons. The van der Waals surface area contributed by atoms with E-state index in [2.05, 4.69) is 5.32 Å². The van der Waals surface area contributed by atoms with Crippen LogP contribution in [0.5, 0.6) is 0 Å². The van der Waals surface area contributed by atoms with Crippen molar-refractivity contribution in [3.63, 3.8) is 0 Å². The molecule has 1 aromatic rings. The van der Waals surface area contributed by atoms with Gasteiger partial charge in [0.05, 0.1) is 22.6 Å². The first-order valence-electron chi connectivity index (χ1n) is 5.70. The Bertz CT molecular complexity index is 559. The molecule has 20 heavy (non-hydrogen) atoms. The molecule has 110 valence electrons. The molecular formula is C12H14F2N2O4. The molecule has 0 aliphatic heterocycles. The average Bonchev–Trinajstić information content (AvgIpc) is 2.30. The van der Waals surface area contributed by atoms with E-state index in [1.54, 1.807) is 0 Å². The predicted octanol–water partition coefficient (Wildman–Crippen LogP) is 1.76. The molecule has 0 bridgehead atoms. The van der Waals surface area contributed by atoms with E-state index in [4.69, 9.17) is 0 Å². The Hall–Kier alpha value is -2.09. The van der Waals surface area contributed by atoms with E-state index in [0.717, 1.165) is 0 Å². The first-order chi connectivity index (χ1) is 9.06. The van der Waals surface area contributed by atoms with Crippen molar-refractivity contribution in [1.29, 1.82) is 0 Å². The van der Waals surface area contributed by atoms with Gasteiger partial charge < -0.3 is 10.4 Å². The van der Waals surface area contributed by atoms with Crippen molar-refractivity contribution in [2.24, 2.45) is 0 Å². The molecule has 2 N–H and O–H groups in total. The molecule has 0 spiro atoms. The van der Waals surface area contributed by atoms with Crippen molar-refractivity contribution in [2.45, 2.75) is 32.4 Å². The second kappa shape index (κ2) is 5.49. The monoisotopic (exact) mass is 288 g/mol. The summed E-state index contributed by atoms with van der Waals surface area (Å²) >= 11 is 0. The first-order valence-corrected chi connectivity index (χ1v) is 5.70. The zero-order valence-electron chi connectivity index (χ0n) is 11.1. The van der Waals surface area contributed by atoms with Crippen LogP contribution in [-0.2, 0) is 0 Å². The molecule has 8 heteroatoms. The average molecular weight is 288 g/mol. The fourth-order valence-corrected chi connectivity index (χ4v) is 1.33. The largest absolute Gasteiger partial charge is 0.391 e. The highest BCUT2D eigenvalue weighted by Crippen LogP contribution is 2.23. The Morgan fingerprint density at radius 2 is 1.90 bits per heavy atom. The van der Waals surface area contributed by atoms with Crippen molar-refractivity contribution in [1.82, 2.24) is 5.32 Å². The highest BCUT2D eigenvalue weighted by Gasteiger charge is 2.30. The number of hydrogen-bond donors (Lipinski definition) is 2. The van der Waals surface area contributed by atoms with Crippen LogP contribution in [0.2, 0.25) is 0 Å². The lowest BCUT2D eigenvalue weighted by atomic mass is 9.98. The number of amides is 1. The number of carbonyl (C=O) groups excluding carboxylic acids is 1. The standard InChI is InChI=1S/C12H14F2N2O4/c1-6(17)12(2,3)15-11(18)7-4-8(13)9(14)5-10(7)16(19)20/h4-6,17H,1-3H3,(H,15,18). The summed E-state index contributed by atoms with van der Waals surface area (Å²) in [5, 5.41) is 22.6. The van der Waals surface area contributed by atoms with E-state index >= 15 is 0 Å². The van der Waals surface area contributed by atoms with Crippen LogP contribution < -0.4 is 5.32 Å². The molecule has 0 aliphatic rings. The summed E-state index contributed by atoms with van der Waals surface area (Å²) in [6.45, 7) is 4.39. The van der Waals surface area contributed by atoms with E-state index < -0.39 is 45.4 Å². The number of nitro groups is 1. The fraction of sp³-hybridized carbons (Fsp3) is 0.417. The second-order valence-corrected chi connectivity index (χ2v) is 4.89. The summed E-state index contributed by atoms with van der Waals surface area (Å²) in [7, 11) is 0. The third-order valence-corrected chi connectivity index (χ3v) is 2.96. The molecule has 1 amide bonds. The van der Waals surface area contributed by atoms with Crippen LogP contribution >= 0.6 is 0 Å². The van der Waals surface area contributed by atoms with Crippen LogP contribution in [-0.4, -0.2) is 27.6 Å². The van der Waals surface area contributed by atoms with Gasteiger partial charge in [-0.1, -0.05) is 0 Å². The molecule has 1 aromatic carbocycles. The maximum Gasteiger partial charge on any atom is 0.285 e.